The van der Waals surface area contributed by atoms with E-state index in [4.69, 9.17) is 0 Å². The van der Waals surface area contributed by atoms with Crippen molar-refractivity contribution in [2.45, 2.75) is 24.8 Å². The van der Waals surface area contributed by atoms with Crippen molar-refractivity contribution < 1.29 is 4.79 Å². The van der Waals surface area contributed by atoms with E-state index < -0.39 is 0 Å². The predicted molar refractivity (Wildman–Crippen MR) is 78.4 cm³/mol. The average molecular weight is 324 g/mol. The lowest BCUT2D eigenvalue weighted by molar-refractivity contribution is -0.116. The van der Waals surface area contributed by atoms with Gasteiger partial charge >= 0.3 is 0 Å². The lowest BCUT2D eigenvalue weighted by Crippen LogP contribution is -2.34. The number of thioether (sulfide) groups is 1. The number of benzene rings is 1. The van der Waals surface area contributed by atoms with Gasteiger partial charge in [-0.2, -0.15) is 0 Å². The van der Waals surface area contributed by atoms with Crippen LogP contribution in [0.4, 0.5) is 0 Å². The van der Waals surface area contributed by atoms with Gasteiger partial charge < -0.3 is 5.32 Å². The first-order chi connectivity index (χ1) is 8.61. The second-order valence-corrected chi connectivity index (χ2v) is 6.27. The summed E-state index contributed by atoms with van der Waals surface area (Å²) in [5, 5.41) is 3.01. The van der Waals surface area contributed by atoms with Gasteiger partial charge in [-0.05, 0) is 42.5 Å². The van der Waals surface area contributed by atoms with E-state index in [-0.39, 0.29) is 11.9 Å². The van der Waals surface area contributed by atoms with E-state index in [9.17, 15) is 4.79 Å². The van der Waals surface area contributed by atoms with E-state index in [1.54, 1.807) is 6.92 Å². The van der Waals surface area contributed by atoms with Gasteiger partial charge in [0.1, 0.15) is 0 Å². The highest BCUT2D eigenvalue weighted by Crippen LogP contribution is 2.40. The standard InChI is InChI=1S/C14H14BrNOS/c1-3-4-13(17)16-14-9(2)8-18-12-6-5-10(15)7-11(12)14/h5-7,9,14H,8H2,1-2H3,(H,16,17)/t9-,14-/m0/s1. The molecule has 0 saturated carbocycles. The third kappa shape index (κ3) is 2.90. The van der Waals surface area contributed by atoms with Crippen molar-refractivity contribution in [3.63, 3.8) is 0 Å². The van der Waals surface area contributed by atoms with Crippen molar-refractivity contribution in [3.05, 3.63) is 28.2 Å². The zero-order valence-electron chi connectivity index (χ0n) is 10.3. The summed E-state index contributed by atoms with van der Waals surface area (Å²) in [6.45, 7) is 3.82. The molecule has 0 spiro atoms. The van der Waals surface area contributed by atoms with Gasteiger partial charge in [0.2, 0.25) is 0 Å². The number of rotatable bonds is 1. The second kappa shape index (κ2) is 5.81. The van der Waals surface area contributed by atoms with E-state index in [1.165, 1.54) is 10.5 Å². The predicted octanol–water partition coefficient (Wildman–Crippen LogP) is 3.37. The molecule has 0 aliphatic carbocycles. The van der Waals surface area contributed by atoms with Crippen molar-refractivity contribution in [2.24, 2.45) is 5.92 Å². The molecule has 1 amide bonds. The van der Waals surface area contributed by atoms with Gasteiger partial charge in [-0.3, -0.25) is 4.79 Å². The fraction of sp³-hybridized carbons (Fsp3) is 0.357. The Bertz CT molecular complexity index is 532. The SMILES string of the molecule is CC#CC(=O)N[C@@H]1c2cc(Br)ccc2SC[C@@H]1C. The van der Waals surface area contributed by atoms with E-state index in [2.05, 4.69) is 52.1 Å². The number of amides is 1. The molecule has 2 atom stereocenters. The highest BCUT2D eigenvalue weighted by atomic mass is 79.9. The van der Waals surface area contributed by atoms with Gasteiger partial charge in [-0.1, -0.05) is 28.8 Å². The summed E-state index contributed by atoms with van der Waals surface area (Å²) in [7, 11) is 0. The fourth-order valence-corrected chi connectivity index (χ4v) is 3.56. The van der Waals surface area contributed by atoms with Crippen LogP contribution in [0.25, 0.3) is 0 Å². The molecular formula is C14H14BrNOS. The molecule has 0 saturated heterocycles. The zero-order valence-corrected chi connectivity index (χ0v) is 12.7. The zero-order chi connectivity index (χ0) is 13.1. The van der Waals surface area contributed by atoms with E-state index in [0.29, 0.717) is 5.92 Å². The Hall–Kier alpha value is -0.920. The van der Waals surface area contributed by atoms with Crippen LogP contribution >= 0.6 is 27.7 Å². The van der Waals surface area contributed by atoms with Crippen LogP contribution in [-0.2, 0) is 4.79 Å². The summed E-state index contributed by atoms with van der Waals surface area (Å²) in [5.74, 6) is 6.38. The van der Waals surface area contributed by atoms with Crippen LogP contribution in [0.5, 0.6) is 0 Å². The Labute approximate surface area is 120 Å². The van der Waals surface area contributed by atoms with Crippen LogP contribution in [0.3, 0.4) is 0 Å². The molecule has 1 heterocycles. The van der Waals surface area contributed by atoms with Crippen LogP contribution in [0.2, 0.25) is 0 Å². The van der Waals surface area contributed by atoms with E-state index in [1.807, 2.05) is 17.8 Å². The quantitative estimate of drug-likeness (QED) is 0.803. The molecule has 0 bridgehead atoms. The topological polar surface area (TPSA) is 29.1 Å². The summed E-state index contributed by atoms with van der Waals surface area (Å²) in [6.07, 6.45) is 0. The molecule has 0 radical (unpaired) electrons. The highest BCUT2D eigenvalue weighted by Gasteiger charge is 2.28. The van der Waals surface area contributed by atoms with Gasteiger partial charge in [0.25, 0.3) is 5.91 Å². The second-order valence-electron chi connectivity index (χ2n) is 4.30. The van der Waals surface area contributed by atoms with Crippen LogP contribution in [0, 0.1) is 17.8 Å². The monoisotopic (exact) mass is 323 g/mol. The van der Waals surface area contributed by atoms with E-state index >= 15 is 0 Å². The first kappa shape index (κ1) is 13.5. The molecule has 18 heavy (non-hydrogen) atoms. The lowest BCUT2D eigenvalue weighted by Gasteiger charge is -2.31. The first-order valence-electron chi connectivity index (χ1n) is 5.77. The van der Waals surface area contributed by atoms with E-state index in [0.717, 1.165) is 10.2 Å². The number of halogens is 1. The van der Waals surface area contributed by atoms with Crippen LogP contribution < -0.4 is 5.32 Å². The molecule has 1 aliphatic rings. The summed E-state index contributed by atoms with van der Waals surface area (Å²) in [5.41, 5.74) is 1.18. The average Bonchev–Trinajstić information content (AvgIpc) is 2.33. The van der Waals surface area contributed by atoms with Gasteiger partial charge in [-0.25, -0.2) is 0 Å². The number of carbonyl (C=O) groups excluding carboxylic acids is 1. The minimum Gasteiger partial charge on any atom is -0.338 e. The summed E-state index contributed by atoms with van der Waals surface area (Å²) in [6, 6.07) is 6.27. The largest absolute Gasteiger partial charge is 0.338 e. The van der Waals surface area contributed by atoms with Gasteiger partial charge in [0, 0.05) is 15.1 Å². The molecule has 1 aliphatic heterocycles. The Morgan fingerprint density at radius 2 is 2.33 bits per heavy atom. The third-order valence-corrected chi connectivity index (χ3v) is 4.77. The minimum absolute atomic E-state index is 0.0482. The summed E-state index contributed by atoms with van der Waals surface area (Å²) in [4.78, 5) is 12.9. The molecule has 0 fully saturated rings. The van der Waals surface area contributed by atoms with Gasteiger partial charge in [0.15, 0.2) is 0 Å². The molecule has 2 rings (SSSR count). The molecule has 1 aromatic rings. The Morgan fingerprint density at radius 3 is 3.06 bits per heavy atom. The molecule has 0 aromatic heterocycles. The fourth-order valence-electron chi connectivity index (χ4n) is 2.03. The third-order valence-electron chi connectivity index (χ3n) is 2.90. The Kier molecular flexibility index (Phi) is 4.36. The maximum atomic E-state index is 11.6. The van der Waals surface area contributed by atoms with Crippen LogP contribution in [0.1, 0.15) is 25.5 Å². The number of nitrogens with one attached hydrogen (secondary N) is 1. The number of fused-ring (bicyclic) bond motifs is 1. The van der Waals surface area contributed by atoms with Crippen molar-refractivity contribution in [3.8, 4) is 11.8 Å². The van der Waals surface area contributed by atoms with Crippen LogP contribution in [-0.4, -0.2) is 11.7 Å². The minimum atomic E-state index is -0.202. The lowest BCUT2D eigenvalue weighted by atomic mass is 9.95. The Balaban J connectivity index is 2.31. The smallest absolute Gasteiger partial charge is 0.296 e. The van der Waals surface area contributed by atoms with Crippen molar-refractivity contribution in [2.75, 3.05) is 5.75 Å². The van der Waals surface area contributed by atoms with Crippen molar-refractivity contribution >= 4 is 33.6 Å². The number of carbonyl (C=O) groups is 1. The van der Waals surface area contributed by atoms with Gasteiger partial charge in [0.05, 0.1) is 6.04 Å². The van der Waals surface area contributed by atoms with Crippen LogP contribution in [0.15, 0.2) is 27.6 Å². The molecule has 2 nitrogen and oxygen atoms in total. The van der Waals surface area contributed by atoms with Crippen molar-refractivity contribution in [1.82, 2.24) is 5.32 Å². The maximum absolute atomic E-state index is 11.6. The molecule has 1 aromatic carbocycles. The number of hydrogen-bond acceptors (Lipinski definition) is 2. The summed E-state index contributed by atoms with van der Waals surface area (Å²) >= 11 is 5.33. The Morgan fingerprint density at radius 1 is 1.56 bits per heavy atom. The molecular weight excluding hydrogens is 310 g/mol. The van der Waals surface area contributed by atoms with Gasteiger partial charge in [-0.15, -0.1) is 11.8 Å². The number of hydrogen-bond donors (Lipinski definition) is 1. The highest BCUT2D eigenvalue weighted by molar-refractivity contribution is 9.10. The molecule has 1 N–H and O–H groups in total. The normalized spacial score (nSPS) is 21.5. The molecule has 94 valence electrons. The first-order valence-corrected chi connectivity index (χ1v) is 7.55. The van der Waals surface area contributed by atoms with Crippen molar-refractivity contribution in [1.29, 1.82) is 0 Å². The molecule has 0 unspecified atom stereocenters. The molecule has 4 heteroatoms. The maximum Gasteiger partial charge on any atom is 0.296 e. The summed E-state index contributed by atoms with van der Waals surface area (Å²) < 4.78 is 1.04.